The summed E-state index contributed by atoms with van der Waals surface area (Å²) in [4.78, 5) is 25.1. The predicted octanol–water partition coefficient (Wildman–Crippen LogP) is 1.56. The molecule has 134 valence electrons. The van der Waals surface area contributed by atoms with Crippen molar-refractivity contribution < 1.29 is 14.3 Å². The van der Waals surface area contributed by atoms with E-state index in [1.54, 1.807) is 24.3 Å². The first-order chi connectivity index (χ1) is 10.8. The number of hydrogen-bond acceptors (Lipinski definition) is 4. The molecule has 0 saturated carbocycles. The van der Waals surface area contributed by atoms with Crippen LogP contribution in [0.4, 0.5) is 0 Å². The Bertz CT molecular complexity index is 575. The lowest BCUT2D eigenvalue weighted by Gasteiger charge is -2.42. The Morgan fingerprint density at radius 3 is 2.46 bits per heavy atom. The molecule has 1 unspecified atom stereocenters. The van der Waals surface area contributed by atoms with Gasteiger partial charge in [0.2, 0.25) is 11.8 Å². The van der Waals surface area contributed by atoms with E-state index in [0.717, 1.165) is 6.42 Å². The topological polar surface area (TPSA) is 98.6 Å². The van der Waals surface area contributed by atoms with Gasteiger partial charge in [0.1, 0.15) is 5.75 Å². The highest BCUT2D eigenvalue weighted by atomic mass is 35.5. The van der Waals surface area contributed by atoms with Crippen LogP contribution in [0.25, 0.3) is 0 Å². The Morgan fingerprint density at radius 2 is 1.92 bits per heavy atom. The maximum Gasteiger partial charge on any atom is 0.248 e. The maximum atomic E-state index is 12.3. The van der Waals surface area contributed by atoms with E-state index in [1.807, 2.05) is 4.90 Å². The number of primary amides is 1. The number of carbonyl (C=O) groups excluding carboxylic acids is 2. The number of likely N-dealkylation sites (tertiary alicyclic amines) is 1. The van der Waals surface area contributed by atoms with Gasteiger partial charge in [0.05, 0.1) is 13.0 Å². The highest BCUT2D eigenvalue weighted by Gasteiger charge is 2.35. The summed E-state index contributed by atoms with van der Waals surface area (Å²) in [7, 11) is 0. The first-order valence-electron chi connectivity index (χ1n) is 7.85. The normalized spacial score (nSPS) is 19.3. The van der Waals surface area contributed by atoms with Crippen molar-refractivity contribution in [3.8, 4) is 5.75 Å². The SMILES string of the molecule is CC1(C)CN(C(=O)CCOc2ccc(C(N)=O)cc2)CCC1N.Cl. The highest BCUT2D eigenvalue weighted by molar-refractivity contribution is 5.92. The molecule has 4 N–H and O–H groups in total. The van der Waals surface area contributed by atoms with Crippen molar-refractivity contribution in [3.63, 3.8) is 0 Å². The molecule has 24 heavy (non-hydrogen) atoms. The van der Waals surface area contributed by atoms with Gasteiger partial charge in [-0.15, -0.1) is 12.4 Å². The van der Waals surface area contributed by atoms with Gasteiger partial charge in [0.25, 0.3) is 0 Å². The van der Waals surface area contributed by atoms with Crippen molar-refractivity contribution in [1.82, 2.24) is 4.90 Å². The number of piperidine rings is 1. The first kappa shape index (κ1) is 20.3. The lowest BCUT2D eigenvalue weighted by molar-refractivity contribution is -0.135. The molecule has 1 atom stereocenters. The summed E-state index contributed by atoms with van der Waals surface area (Å²) in [5.74, 6) is 0.222. The second-order valence-corrected chi connectivity index (χ2v) is 6.69. The van der Waals surface area contributed by atoms with Gasteiger partial charge in [-0.2, -0.15) is 0 Å². The average Bonchev–Trinajstić information content (AvgIpc) is 2.50. The Labute approximate surface area is 148 Å². The smallest absolute Gasteiger partial charge is 0.248 e. The van der Waals surface area contributed by atoms with E-state index >= 15 is 0 Å². The third-order valence-electron chi connectivity index (χ3n) is 4.39. The standard InChI is InChI=1S/C17H25N3O3.ClH/c1-17(2)11-20(9-7-14(17)18)15(21)8-10-23-13-5-3-12(4-6-13)16(19)22;/h3-6,14H,7-11,18H2,1-2H3,(H2,19,22);1H. The number of halogens is 1. The van der Waals surface area contributed by atoms with E-state index in [4.69, 9.17) is 16.2 Å². The van der Waals surface area contributed by atoms with Gasteiger partial charge in [-0.1, -0.05) is 13.8 Å². The van der Waals surface area contributed by atoms with Crippen molar-refractivity contribution in [1.29, 1.82) is 0 Å². The number of ether oxygens (including phenoxy) is 1. The second kappa shape index (κ2) is 8.35. The zero-order chi connectivity index (χ0) is 17.0. The number of nitrogens with two attached hydrogens (primary N) is 2. The Balaban J connectivity index is 0.00000288. The third-order valence-corrected chi connectivity index (χ3v) is 4.39. The zero-order valence-corrected chi connectivity index (χ0v) is 15.0. The molecule has 2 amide bonds. The van der Waals surface area contributed by atoms with Crippen LogP contribution < -0.4 is 16.2 Å². The molecule has 1 saturated heterocycles. The molecule has 1 heterocycles. The summed E-state index contributed by atoms with van der Waals surface area (Å²) >= 11 is 0. The fourth-order valence-electron chi connectivity index (χ4n) is 2.72. The van der Waals surface area contributed by atoms with E-state index in [1.165, 1.54) is 0 Å². The largest absolute Gasteiger partial charge is 0.493 e. The van der Waals surface area contributed by atoms with Crippen LogP contribution in [0, 0.1) is 5.41 Å². The van der Waals surface area contributed by atoms with Crippen molar-refractivity contribution in [2.24, 2.45) is 16.9 Å². The molecular weight excluding hydrogens is 330 g/mol. The van der Waals surface area contributed by atoms with E-state index in [-0.39, 0.29) is 29.8 Å². The number of rotatable bonds is 5. The van der Waals surface area contributed by atoms with Crippen LogP contribution in [0.5, 0.6) is 5.75 Å². The molecule has 0 bridgehead atoms. The average molecular weight is 356 g/mol. The second-order valence-electron chi connectivity index (χ2n) is 6.69. The minimum atomic E-state index is -0.474. The summed E-state index contributed by atoms with van der Waals surface area (Å²) in [5, 5.41) is 0. The van der Waals surface area contributed by atoms with Crippen LogP contribution in [0.15, 0.2) is 24.3 Å². The molecule has 0 aromatic heterocycles. The maximum absolute atomic E-state index is 12.3. The summed E-state index contributed by atoms with van der Waals surface area (Å²) in [5.41, 5.74) is 11.6. The predicted molar refractivity (Wildman–Crippen MR) is 95.3 cm³/mol. The fraction of sp³-hybridized carbons (Fsp3) is 0.529. The lowest BCUT2D eigenvalue weighted by atomic mass is 9.79. The molecule has 1 aromatic rings. The van der Waals surface area contributed by atoms with Crippen LogP contribution in [0.2, 0.25) is 0 Å². The van der Waals surface area contributed by atoms with Crippen molar-refractivity contribution >= 4 is 24.2 Å². The number of amides is 2. The number of hydrogen-bond donors (Lipinski definition) is 2. The monoisotopic (exact) mass is 355 g/mol. The molecule has 0 spiro atoms. The van der Waals surface area contributed by atoms with Gasteiger partial charge in [0, 0.05) is 24.7 Å². The molecule has 6 nitrogen and oxygen atoms in total. The van der Waals surface area contributed by atoms with Crippen LogP contribution in [-0.2, 0) is 4.79 Å². The minimum absolute atomic E-state index is 0. The van der Waals surface area contributed by atoms with Gasteiger partial charge >= 0.3 is 0 Å². The Hall–Kier alpha value is -1.79. The zero-order valence-electron chi connectivity index (χ0n) is 14.2. The summed E-state index contributed by atoms with van der Waals surface area (Å²) in [6.45, 7) is 5.87. The summed E-state index contributed by atoms with van der Waals surface area (Å²) in [6.07, 6.45) is 1.15. The van der Waals surface area contributed by atoms with Crippen molar-refractivity contribution in [2.45, 2.75) is 32.7 Å². The van der Waals surface area contributed by atoms with E-state index < -0.39 is 5.91 Å². The summed E-state index contributed by atoms with van der Waals surface area (Å²) in [6, 6.07) is 6.69. The van der Waals surface area contributed by atoms with Gasteiger partial charge < -0.3 is 21.1 Å². The Kier molecular flexibility index (Phi) is 7.05. The van der Waals surface area contributed by atoms with Crippen molar-refractivity contribution in [3.05, 3.63) is 29.8 Å². The van der Waals surface area contributed by atoms with Gasteiger partial charge in [-0.25, -0.2) is 0 Å². The molecule has 2 rings (SSSR count). The molecule has 1 fully saturated rings. The number of benzene rings is 1. The van der Waals surface area contributed by atoms with Crippen LogP contribution in [0.1, 0.15) is 37.0 Å². The quantitative estimate of drug-likeness (QED) is 0.837. The molecular formula is C17H26ClN3O3. The van der Waals surface area contributed by atoms with Gasteiger partial charge in [-0.05, 0) is 36.1 Å². The van der Waals surface area contributed by atoms with Crippen LogP contribution in [-0.4, -0.2) is 42.5 Å². The third kappa shape index (κ3) is 5.11. The van der Waals surface area contributed by atoms with Gasteiger partial charge in [0.15, 0.2) is 0 Å². The Morgan fingerprint density at radius 1 is 1.29 bits per heavy atom. The minimum Gasteiger partial charge on any atom is -0.493 e. The first-order valence-corrected chi connectivity index (χ1v) is 7.85. The number of nitrogens with zero attached hydrogens (tertiary/aromatic N) is 1. The molecule has 7 heteroatoms. The number of carbonyl (C=O) groups is 2. The molecule has 0 radical (unpaired) electrons. The van der Waals surface area contributed by atoms with Crippen molar-refractivity contribution in [2.75, 3.05) is 19.7 Å². The van der Waals surface area contributed by atoms with E-state index in [0.29, 0.717) is 37.4 Å². The molecule has 0 aliphatic carbocycles. The highest BCUT2D eigenvalue weighted by Crippen LogP contribution is 2.28. The van der Waals surface area contributed by atoms with Crippen LogP contribution >= 0.6 is 12.4 Å². The summed E-state index contributed by atoms with van der Waals surface area (Å²) < 4.78 is 5.55. The lowest BCUT2D eigenvalue weighted by Crippen LogP contribution is -2.54. The van der Waals surface area contributed by atoms with Crippen LogP contribution in [0.3, 0.4) is 0 Å². The van der Waals surface area contributed by atoms with Gasteiger partial charge in [-0.3, -0.25) is 9.59 Å². The van der Waals surface area contributed by atoms with E-state index in [2.05, 4.69) is 13.8 Å². The molecule has 1 aliphatic heterocycles. The fourth-order valence-corrected chi connectivity index (χ4v) is 2.72. The van der Waals surface area contributed by atoms with E-state index in [9.17, 15) is 9.59 Å². The molecule has 1 aromatic carbocycles. The molecule has 1 aliphatic rings.